The molecule has 0 spiro atoms. The Kier molecular flexibility index (Phi) is 6.87. The molecule has 0 aromatic heterocycles. The van der Waals surface area contributed by atoms with Crippen LogP contribution in [0.4, 0.5) is 0 Å². The van der Waals surface area contributed by atoms with E-state index in [2.05, 4.69) is 17.1 Å². The van der Waals surface area contributed by atoms with E-state index in [9.17, 15) is 4.79 Å². The number of rotatable bonds is 7. The van der Waals surface area contributed by atoms with Crippen LogP contribution < -0.4 is 14.8 Å². The smallest absolute Gasteiger partial charge is 0.223 e. The van der Waals surface area contributed by atoms with Gasteiger partial charge in [0.2, 0.25) is 5.91 Å². The summed E-state index contributed by atoms with van der Waals surface area (Å²) in [6.07, 6.45) is 3.75. The van der Waals surface area contributed by atoms with Gasteiger partial charge in [0.15, 0.2) is 11.5 Å². The normalized spacial score (nSPS) is 17.3. The van der Waals surface area contributed by atoms with E-state index in [1.54, 1.807) is 11.8 Å². The Bertz CT molecular complexity index is 576. The van der Waals surface area contributed by atoms with E-state index < -0.39 is 0 Å². The maximum atomic E-state index is 12.7. The Hall–Kier alpha value is -1.40. The molecule has 1 amide bonds. The van der Waals surface area contributed by atoms with Crippen molar-refractivity contribution in [3.05, 3.63) is 18.2 Å². The fourth-order valence-electron chi connectivity index (χ4n) is 3.38. The highest BCUT2D eigenvalue weighted by Gasteiger charge is 2.24. The number of amides is 1. The summed E-state index contributed by atoms with van der Waals surface area (Å²) < 4.78 is 11.2. The van der Waals surface area contributed by atoms with Crippen molar-refractivity contribution in [1.82, 2.24) is 10.2 Å². The molecular formula is C19H28N2O3S. The molecule has 0 atom stereocenters. The lowest BCUT2D eigenvalue weighted by molar-refractivity contribution is -0.133. The second-order valence-electron chi connectivity index (χ2n) is 6.47. The predicted molar refractivity (Wildman–Crippen MR) is 101 cm³/mol. The van der Waals surface area contributed by atoms with Gasteiger partial charge in [0.05, 0.1) is 0 Å². The number of hydrogen-bond donors (Lipinski definition) is 1. The minimum atomic E-state index is 0.291. The molecule has 2 aliphatic rings. The second-order valence-corrected chi connectivity index (χ2v) is 7.64. The number of nitrogens with one attached hydrogen (secondary N) is 1. The van der Waals surface area contributed by atoms with Crippen molar-refractivity contribution >= 4 is 17.7 Å². The molecule has 138 valence electrons. The highest BCUT2D eigenvalue weighted by molar-refractivity contribution is 7.99. The first-order valence-corrected chi connectivity index (χ1v) is 10.3. The van der Waals surface area contributed by atoms with Crippen LogP contribution in [0.2, 0.25) is 0 Å². The third-order valence-electron chi connectivity index (χ3n) is 4.63. The summed E-state index contributed by atoms with van der Waals surface area (Å²) in [6.45, 7) is 6.26. The quantitative estimate of drug-likeness (QED) is 0.754. The summed E-state index contributed by atoms with van der Waals surface area (Å²) in [5, 5.41) is 3.38. The Balaban J connectivity index is 1.50. The van der Waals surface area contributed by atoms with Crippen molar-refractivity contribution in [3.8, 4) is 11.5 Å². The lowest BCUT2D eigenvalue weighted by Crippen LogP contribution is -2.46. The minimum absolute atomic E-state index is 0.291. The molecule has 25 heavy (non-hydrogen) atoms. The van der Waals surface area contributed by atoms with Crippen LogP contribution in [0, 0.1) is 0 Å². The number of carbonyl (C=O) groups is 1. The molecule has 0 unspecified atom stereocenters. The highest BCUT2D eigenvalue weighted by Crippen LogP contribution is 2.34. The van der Waals surface area contributed by atoms with Gasteiger partial charge in [0.1, 0.15) is 13.2 Å². The molecule has 0 radical (unpaired) electrons. The van der Waals surface area contributed by atoms with Crippen molar-refractivity contribution in [2.75, 3.05) is 38.6 Å². The van der Waals surface area contributed by atoms with Crippen LogP contribution in [-0.2, 0) is 4.79 Å². The van der Waals surface area contributed by atoms with Gasteiger partial charge in [-0.15, -0.1) is 11.8 Å². The third-order valence-corrected chi connectivity index (χ3v) is 5.63. The van der Waals surface area contributed by atoms with Crippen molar-refractivity contribution in [3.63, 3.8) is 0 Å². The van der Waals surface area contributed by atoms with Gasteiger partial charge in [-0.2, -0.15) is 0 Å². The molecule has 1 aromatic carbocycles. The number of fused-ring (bicyclic) bond motifs is 1. The number of carbonyl (C=O) groups excluding carboxylic acids is 1. The topological polar surface area (TPSA) is 50.8 Å². The van der Waals surface area contributed by atoms with Gasteiger partial charge >= 0.3 is 0 Å². The summed E-state index contributed by atoms with van der Waals surface area (Å²) in [5.41, 5.74) is 0. The Morgan fingerprint density at radius 3 is 2.76 bits per heavy atom. The maximum Gasteiger partial charge on any atom is 0.223 e. The highest BCUT2D eigenvalue weighted by atomic mass is 32.2. The number of benzene rings is 1. The molecule has 1 fully saturated rings. The van der Waals surface area contributed by atoms with Crippen LogP contribution in [0.15, 0.2) is 23.1 Å². The first-order valence-electron chi connectivity index (χ1n) is 9.30. The molecular weight excluding hydrogens is 336 g/mol. The van der Waals surface area contributed by atoms with E-state index in [1.165, 1.54) is 0 Å². The summed E-state index contributed by atoms with van der Waals surface area (Å²) in [7, 11) is 0. The van der Waals surface area contributed by atoms with Crippen LogP contribution in [0.3, 0.4) is 0 Å². The molecule has 0 saturated carbocycles. The fraction of sp³-hybridized carbons (Fsp3) is 0.632. The molecule has 3 rings (SSSR count). The zero-order valence-corrected chi connectivity index (χ0v) is 15.8. The molecule has 5 nitrogen and oxygen atoms in total. The zero-order valence-electron chi connectivity index (χ0n) is 15.0. The van der Waals surface area contributed by atoms with Crippen molar-refractivity contribution in [2.45, 2.75) is 43.5 Å². The minimum Gasteiger partial charge on any atom is -0.486 e. The third kappa shape index (κ3) is 5.05. The standard InChI is InChI=1S/C19H28N2O3S/c1-2-10-21(15-5-8-20-9-6-15)19(22)7-13-25-16-3-4-17-18(14-16)24-12-11-23-17/h3-4,14-15,20H,2,5-13H2,1H3. The van der Waals surface area contributed by atoms with Crippen LogP contribution in [0.25, 0.3) is 0 Å². The van der Waals surface area contributed by atoms with Crippen LogP contribution >= 0.6 is 11.8 Å². The van der Waals surface area contributed by atoms with Crippen LogP contribution in [0.5, 0.6) is 11.5 Å². The Morgan fingerprint density at radius 1 is 1.24 bits per heavy atom. The van der Waals surface area contributed by atoms with Gasteiger partial charge in [0.25, 0.3) is 0 Å². The van der Waals surface area contributed by atoms with E-state index in [1.807, 2.05) is 18.2 Å². The van der Waals surface area contributed by atoms with E-state index >= 15 is 0 Å². The Morgan fingerprint density at radius 2 is 2.00 bits per heavy atom. The van der Waals surface area contributed by atoms with Gasteiger partial charge in [-0.3, -0.25) is 4.79 Å². The summed E-state index contributed by atoms with van der Waals surface area (Å²) >= 11 is 1.71. The Labute approximate surface area is 154 Å². The maximum absolute atomic E-state index is 12.7. The predicted octanol–water partition coefficient (Wildman–Crippen LogP) is 2.93. The lowest BCUT2D eigenvalue weighted by atomic mass is 10.0. The van der Waals surface area contributed by atoms with Crippen molar-refractivity contribution < 1.29 is 14.3 Å². The average Bonchev–Trinajstić information content (AvgIpc) is 2.66. The molecule has 2 heterocycles. The average molecular weight is 365 g/mol. The zero-order chi connectivity index (χ0) is 17.5. The van der Waals surface area contributed by atoms with Gasteiger partial charge in [-0.05, 0) is 50.6 Å². The number of hydrogen-bond acceptors (Lipinski definition) is 5. The summed E-state index contributed by atoms with van der Waals surface area (Å²) in [5.74, 6) is 2.71. The molecule has 0 bridgehead atoms. The van der Waals surface area contributed by atoms with Gasteiger partial charge in [0, 0.05) is 29.7 Å². The fourth-order valence-corrected chi connectivity index (χ4v) is 4.25. The largest absolute Gasteiger partial charge is 0.486 e. The second kappa shape index (κ2) is 9.34. The van der Waals surface area contributed by atoms with Gasteiger partial charge in [-0.1, -0.05) is 6.92 Å². The molecule has 6 heteroatoms. The van der Waals surface area contributed by atoms with Gasteiger partial charge in [-0.25, -0.2) is 0 Å². The molecule has 1 aromatic rings. The number of nitrogens with zero attached hydrogens (tertiary/aromatic N) is 1. The van der Waals surface area contributed by atoms with Crippen LogP contribution in [-0.4, -0.2) is 55.4 Å². The number of piperidine rings is 1. The van der Waals surface area contributed by atoms with E-state index in [0.29, 0.717) is 31.6 Å². The number of ether oxygens (including phenoxy) is 2. The first-order chi connectivity index (χ1) is 12.3. The first kappa shape index (κ1) is 18.4. The number of thioether (sulfide) groups is 1. The molecule has 1 saturated heterocycles. The lowest BCUT2D eigenvalue weighted by Gasteiger charge is -2.34. The monoisotopic (exact) mass is 364 g/mol. The summed E-state index contributed by atoms with van der Waals surface area (Å²) in [4.78, 5) is 15.9. The van der Waals surface area contributed by atoms with Crippen molar-refractivity contribution in [1.29, 1.82) is 0 Å². The molecule has 1 N–H and O–H groups in total. The SMILES string of the molecule is CCCN(C(=O)CCSc1ccc2c(c1)OCCO2)C1CCNCC1. The van der Waals surface area contributed by atoms with E-state index in [-0.39, 0.29) is 0 Å². The molecule has 2 aliphatic heterocycles. The van der Waals surface area contributed by atoms with Gasteiger partial charge < -0.3 is 19.7 Å². The van der Waals surface area contributed by atoms with E-state index in [4.69, 9.17) is 9.47 Å². The van der Waals surface area contributed by atoms with Crippen LogP contribution in [0.1, 0.15) is 32.6 Å². The molecule has 0 aliphatic carbocycles. The summed E-state index contributed by atoms with van der Waals surface area (Å²) in [6, 6.07) is 6.42. The van der Waals surface area contributed by atoms with Crippen molar-refractivity contribution in [2.24, 2.45) is 0 Å². The van der Waals surface area contributed by atoms with E-state index in [0.717, 1.165) is 61.0 Å².